The van der Waals surface area contributed by atoms with Gasteiger partial charge in [-0.2, -0.15) is 10.2 Å². The van der Waals surface area contributed by atoms with Crippen molar-refractivity contribution < 1.29 is 0 Å². The maximum absolute atomic E-state index is 13.7. The highest BCUT2D eigenvalue weighted by Crippen LogP contribution is 2.30. The number of benzene rings is 2. The highest BCUT2D eigenvalue weighted by Gasteiger charge is 2.20. The Hall–Kier alpha value is -4.79. The lowest BCUT2D eigenvalue weighted by atomic mass is 10.1. The largest absolute Gasteiger partial charge is 0.383 e. The van der Waals surface area contributed by atoms with E-state index in [0.29, 0.717) is 34.5 Å². The van der Waals surface area contributed by atoms with E-state index in [-0.39, 0.29) is 5.56 Å². The lowest BCUT2D eigenvalue weighted by Crippen LogP contribution is -2.24. The number of nitrogens with zero attached hydrogens (tertiary/aromatic N) is 6. The number of aromatic nitrogens is 7. The second-order valence-corrected chi connectivity index (χ2v) is 8.10. The van der Waals surface area contributed by atoms with Crippen LogP contribution in [0.2, 0.25) is 0 Å². The first-order chi connectivity index (χ1) is 16.6. The Labute approximate surface area is 193 Å². The number of pyridine rings is 1. The van der Waals surface area contributed by atoms with Gasteiger partial charge in [0.2, 0.25) is 0 Å². The lowest BCUT2D eigenvalue weighted by Gasteiger charge is -2.16. The van der Waals surface area contributed by atoms with Crippen LogP contribution in [0.4, 0.5) is 5.82 Å². The van der Waals surface area contributed by atoms with E-state index >= 15 is 0 Å². The van der Waals surface area contributed by atoms with Gasteiger partial charge >= 0.3 is 0 Å². The molecule has 0 unspecified atom stereocenters. The standard InChI is InChI=1S/C25H20N8O/c1-15-6-5-7-16-10-19(33(25(34)20(15)16)18-8-3-2-4-9-18)13-32-24-21(23(26)27-14-28-24)22(31-32)17-11-29-30-12-17/h2-12,14H,13H2,1H3,(H,29,30)(H2,26,27,28). The summed E-state index contributed by atoms with van der Waals surface area (Å²) in [4.78, 5) is 22.4. The second-order valence-electron chi connectivity index (χ2n) is 8.10. The minimum absolute atomic E-state index is 0.0718. The monoisotopic (exact) mass is 448 g/mol. The Morgan fingerprint density at radius 1 is 1.03 bits per heavy atom. The van der Waals surface area contributed by atoms with Gasteiger partial charge in [0, 0.05) is 23.1 Å². The van der Waals surface area contributed by atoms with Crippen molar-refractivity contribution in [2.45, 2.75) is 13.5 Å². The maximum Gasteiger partial charge on any atom is 0.263 e. The van der Waals surface area contributed by atoms with E-state index in [1.807, 2.05) is 61.5 Å². The topological polar surface area (TPSA) is 120 Å². The van der Waals surface area contributed by atoms with Crippen LogP contribution in [-0.4, -0.2) is 34.5 Å². The molecule has 6 rings (SSSR count). The minimum Gasteiger partial charge on any atom is -0.383 e. The average Bonchev–Trinajstić information content (AvgIpc) is 3.49. The zero-order valence-corrected chi connectivity index (χ0v) is 18.3. The van der Waals surface area contributed by atoms with Gasteiger partial charge in [-0.05, 0) is 36.1 Å². The molecule has 0 aliphatic heterocycles. The number of rotatable bonds is 4. The molecule has 34 heavy (non-hydrogen) atoms. The molecule has 0 atom stereocenters. The Bertz CT molecular complexity index is 1720. The van der Waals surface area contributed by atoms with Crippen LogP contribution < -0.4 is 11.3 Å². The molecule has 4 heterocycles. The van der Waals surface area contributed by atoms with Crippen molar-refractivity contribution in [1.29, 1.82) is 0 Å². The van der Waals surface area contributed by atoms with Gasteiger partial charge in [0.25, 0.3) is 5.56 Å². The number of nitrogens with two attached hydrogens (primary N) is 1. The number of hydrogen-bond acceptors (Lipinski definition) is 6. The summed E-state index contributed by atoms with van der Waals surface area (Å²) in [5.74, 6) is 0.335. The molecule has 0 spiro atoms. The van der Waals surface area contributed by atoms with E-state index in [9.17, 15) is 4.79 Å². The van der Waals surface area contributed by atoms with Gasteiger partial charge in [0.15, 0.2) is 5.65 Å². The van der Waals surface area contributed by atoms with Crippen LogP contribution in [0.3, 0.4) is 0 Å². The molecule has 4 aromatic heterocycles. The maximum atomic E-state index is 13.7. The Morgan fingerprint density at radius 3 is 2.68 bits per heavy atom. The van der Waals surface area contributed by atoms with Gasteiger partial charge in [-0.3, -0.25) is 14.5 Å². The van der Waals surface area contributed by atoms with Gasteiger partial charge in [0.05, 0.1) is 23.5 Å². The van der Waals surface area contributed by atoms with Crippen LogP contribution in [0.5, 0.6) is 0 Å². The quantitative estimate of drug-likeness (QED) is 0.426. The molecule has 0 bridgehead atoms. The molecule has 9 heteroatoms. The molecule has 0 radical (unpaired) electrons. The van der Waals surface area contributed by atoms with Crippen molar-refractivity contribution in [3.8, 4) is 16.9 Å². The molecule has 0 saturated carbocycles. The number of hydrogen-bond donors (Lipinski definition) is 2. The molecule has 0 fully saturated rings. The number of para-hydroxylation sites is 1. The molecular weight excluding hydrogens is 428 g/mol. The molecule has 0 saturated heterocycles. The summed E-state index contributed by atoms with van der Waals surface area (Å²) in [6.07, 6.45) is 4.84. The van der Waals surface area contributed by atoms with Crippen molar-refractivity contribution in [3.05, 3.63) is 94.9 Å². The van der Waals surface area contributed by atoms with Crippen molar-refractivity contribution in [2.24, 2.45) is 0 Å². The third-order valence-electron chi connectivity index (χ3n) is 5.99. The normalized spacial score (nSPS) is 11.4. The van der Waals surface area contributed by atoms with Crippen molar-refractivity contribution in [1.82, 2.24) is 34.5 Å². The molecule has 3 N–H and O–H groups in total. The first-order valence-electron chi connectivity index (χ1n) is 10.8. The average molecular weight is 448 g/mol. The summed E-state index contributed by atoms with van der Waals surface area (Å²) < 4.78 is 3.50. The summed E-state index contributed by atoms with van der Waals surface area (Å²) in [5, 5.41) is 13.9. The lowest BCUT2D eigenvalue weighted by molar-refractivity contribution is 0.672. The van der Waals surface area contributed by atoms with Crippen LogP contribution >= 0.6 is 0 Å². The molecule has 2 aromatic carbocycles. The number of anilines is 1. The summed E-state index contributed by atoms with van der Waals surface area (Å²) in [5.41, 5.74) is 10.6. The summed E-state index contributed by atoms with van der Waals surface area (Å²) in [6, 6.07) is 17.5. The predicted molar refractivity (Wildman–Crippen MR) is 131 cm³/mol. The van der Waals surface area contributed by atoms with E-state index in [1.54, 1.807) is 21.6 Å². The van der Waals surface area contributed by atoms with Crippen LogP contribution in [0, 0.1) is 6.92 Å². The molecule has 9 nitrogen and oxygen atoms in total. The van der Waals surface area contributed by atoms with E-state index < -0.39 is 0 Å². The van der Waals surface area contributed by atoms with Crippen LogP contribution in [0.25, 0.3) is 38.8 Å². The van der Waals surface area contributed by atoms with E-state index in [4.69, 9.17) is 10.8 Å². The van der Waals surface area contributed by atoms with Crippen LogP contribution in [0.15, 0.2) is 78.1 Å². The zero-order chi connectivity index (χ0) is 23.2. The van der Waals surface area contributed by atoms with E-state index in [2.05, 4.69) is 20.2 Å². The van der Waals surface area contributed by atoms with E-state index in [0.717, 1.165) is 27.9 Å². The van der Waals surface area contributed by atoms with Crippen LogP contribution in [-0.2, 0) is 6.54 Å². The number of fused-ring (bicyclic) bond motifs is 2. The fraction of sp³-hybridized carbons (Fsp3) is 0.0800. The van der Waals surface area contributed by atoms with Gasteiger partial charge < -0.3 is 5.73 Å². The molecular formula is C25H20N8O. The number of H-pyrrole nitrogens is 1. The number of aryl methyl sites for hydroxylation is 1. The molecule has 0 amide bonds. The van der Waals surface area contributed by atoms with Gasteiger partial charge in [-0.15, -0.1) is 0 Å². The summed E-state index contributed by atoms with van der Waals surface area (Å²) >= 11 is 0. The fourth-order valence-corrected chi connectivity index (χ4v) is 4.44. The highest BCUT2D eigenvalue weighted by molar-refractivity contribution is 5.98. The number of nitrogens with one attached hydrogen (secondary N) is 1. The summed E-state index contributed by atoms with van der Waals surface area (Å²) in [7, 11) is 0. The third-order valence-corrected chi connectivity index (χ3v) is 5.99. The number of aromatic amines is 1. The Kier molecular flexibility index (Phi) is 4.48. The van der Waals surface area contributed by atoms with E-state index in [1.165, 1.54) is 6.33 Å². The van der Waals surface area contributed by atoms with Gasteiger partial charge in [0.1, 0.15) is 17.8 Å². The van der Waals surface area contributed by atoms with Crippen molar-refractivity contribution in [2.75, 3.05) is 5.73 Å². The highest BCUT2D eigenvalue weighted by atomic mass is 16.1. The molecule has 6 aromatic rings. The van der Waals surface area contributed by atoms with Crippen molar-refractivity contribution >= 4 is 27.6 Å². The zero-order valence-electron chi connectivity index (χ0n) is 18.3. The number of nitrogen functional groups attached to an aromatic ring is 1. The van der Waals surface area contributed by atoms with Crippen LogP contribution in [0.1, 0.15) is 11.3 Å². The molecule has 0 aliphatic carbocycles. The molecule has 166 valence electrons. The fourth-order valence-electron chi connectivity index (χ4n) is 4.44. The smallest absolute Gasteiger partial charge is 0.263 e. The second kappa shape index (κ2) is 7.66. The van der Waals surface area contributed by atoms with Gasteiger partial charge in [-0.25, -0.2) is 14.6 Å². The molecule has 0 aliphatic rings. The summed E-state index contributed by atoms with van der Waals surface area (Å²) in [6.45, 7) is 2.26. The van der Waals surface area contributed by atoms with Gasteiger partial charge in [-0.1, -0.05) is 36.4 Å². The Morgan fingerprint density at radius 2 is 1.88 bits per heavy atom. The minimum atomic E-state index is -0.0718. The first kappa shape index (κ1) is 19.9. The SMILES string of the molecule is Cc1cccc2cc(Cn3nc(-c4cn[nH]c4)c4c(N)ncnc43)n(-c3ccccc3)c(=O)c12. The Balaban J connectivity index is 1.62. The van der Waals surface area contributed by atoms with Crippen molar-refractivity contribution in [3.63, 3.8) is 0 Å². The predicted octanol–water partition coefficient (Wildman–Crippen LogP) is 3.46. The third kappa shape index (κ3) is 3.06. The first-order valence-corrected chi connectivity index (χ1v) is 10.8.